The minimum atomic E-state index is -0.803. The molecule has 0 bridgehead atoms. The van der Waals surface area contributed by atoms with E-state index < -0.39 is 12.1 Å². The molecule has 0 aliphatic rings. The summed E-state index contributed by atoms with van der Waals surface area (Å²) in [5, 5.41) is 0.167. The van der Waals surface area contributed by atoms with E-state index >= 15 is 0 Å². The van der Waals surface area contributed by atoms with Gasteiger partial charge < -0.3 is 4.74 Å². The molecule has 3 nitrogen and oxygen atoms in total. The molecule has 0 aliphatic carbocycles. The van der Waals surface area contributed by atoms with Gasteiger partial charge in [-0.05, 0) is 0 Å². The lowest BCUT2D eigenvalue weighted by Gasteiger charge is -2.14. The molecular weight excluding hydrogens is 260 g/mol. The fourth-order valence-corrected chi connectivity index (χ4v) is 1.48. The Morgan fingerprint density at radius 1 is 1.33 bits per heavy atom. The van der Waals surface area contributed by atoms with Crippen LogP contribution in [-0.4, -0.2) is 17.1 Å². The highest BCUT2D eigenvalue weighted by molar-refractivity contribution is 9.09. The minimum absolute atomic E-state index is 0.167. The lowest BCUT2D eigenvalue weighted by atomic mass is 10.1. The van der Waals surface area contributed by atoms with Gasteiger partial charge in [0.25, 0.3) is 0 Å². The quantitative estimate of drug-likeness (QED) is 0.623. The number of ether oxygens (including phenoxy) is 1. The highest BCUT2D eigenvalue weighted by atomic mass is 79.9. The fraction of sp³-hybridized carbons (Fsp3) is 0.273. The van der Waals surface area contributed by atoms with E-state index in [1.54, 1.807) is 24.3 Å². The summed E-state index contributed by atoms with van der Waals surface area (Å²) in [6, 6.07) is 8.95. The summed E-state index contributed by atoms with van der Waals surface area (Å²) < 4.78 is 4.97. The Morgan fingerprint density at radius 2 is 1.93 bits per heavy atom. The molecule has 1 rings (SSSR count). The summed E-state index contributed by atoms with van der Waals surface area (Å²) in [6.07, 6.45) is -0.803. The van der Waals surface area contributed by atoms with Crippen LogP contribution in [-0.2, 0) is 14.3 Å². The Morgan fingerprint density at radius 3 is 2.40 bits per heavy atom. The number of rotatable bonds is 4. The van der Waals surface area contributed by atoms with Crippen LogP contribution in [0.2, 0.25) is 0 Å². The molecule has 1 aromatic rings. The predicted molar refractivity (Wildman–Crippen MR) is 59.8 cm³/mol. The van der Waals surface area contributed by atoms with Gasteiger partial charge in [-0.2, -0.15) is 0 Å². The number of Topliss-reactive ketones (excluding diaryl/α,β-unsaturated/α-hetero) is 1. The predicted octanol–water partition coefficient (Wildman–Crippen LogP) is 2.25. The second-order valence-corrected chi connectivity index (χ2v) is 3.56. The number of ketones is 1. The maximum absolute atomic E-state index is 11.5. The molecule has 1 unspecified atom stereocenters. The fourth-order valence-electron chi connectivity index (χ4n) is 1.18. The van der Waals surface area contributed by atoms with E-state index in [4.69, 9.17) is 4.74 Å². The summed E-state index contributed by atoms with van der Waals surface area (Å²) in [7, 11) is 0. The lowest BCUT2D eigenvalue weighted by molar-refractivity contribution is -0.152. The molecule has 0 aliphatic heterocycles. The van der Waals surface area contributed by atoms with Crippen LogP contribution in [0.1, 0.15) is 18.6 Å². The zero-order chi connectivity index (χ0) is 11.3. The average molecular weight is 271 g/mol. The minimum Gasteiger partial charge on any atom is -0.450 e. The van der Waals surface area contributed by atoms with Crippen molar-refractivity contribution in [1.82, 2.24) is 0 Å². The first-order valence-corrected chi connectivity index (χ1v) is 5.58. The van der Waals surface area contributed by atoms with E-state index in [-0.39, 0.29) is 11.1 Å². The van der Waals surface area contributed by atoms with Crippen molar-refractivity contribution in [3.63, 3.8) is 0 Å². The smallest absolute Gasteiger partial charge is 0.303 e. The molecule has 0 saturated heterocycles. The van der Waals surface area contributed by atoms with Gasteiger partial charge in [0.05, 0.1) is 5.33 Å². The number of hydrogen-bond acceptors (Lipinski definition) is 3. The van der Waals surface area contributed by atoms with Crippen molar-refractivity contribution < 1.29 is 14.3 Å². The number of alkyl halides is 1. The van der Waals surface area contributed by atoms with Crippen molar-refractivity contribution in [2.75, 3.05) is 5.33 Å². The highest BCUT2D eigenvalue weighted by Gasteiger charge is 2.21. The van der Waals surface area contributed by atoms with Crippen molar-refractivity contribution in [3.8, 4) is 0 Å². The van der Waals surface area contributed by atoms with Gasteiger partial charge in [0, 0.05) is 12.5 Å². The molecule has 0 aromatic heterocycles. The third-order valence-corrected chi connectivity index (χ3v) is 2.36. The number of esters is 1. The van der Waals surface area contributed by atoms with E-state index in [1.165, 1.54) is 6.92 Å². The third-order valence-electron chi connectivity index (χ3n) is 1.81. The first-order valence-electron chi connectivity index (χ1n) is 4.46. The first-order chi connectivity index (χ1) is 7.15. The van der Waals surface area contributed by atoms with Gasteiger partial charge in [-0.15, -0.1) is 0 Å². The van der Waals surface area contributed by atoms with E-state index in [9.17, 15) is 9.59 Å². The Labute approximate surface area is 96.6 Å². The average Bonchev–Trinajstić information content (AvgIpc) is 2.26. The van der Waals surface area contributed by atoms with Crippen LogP contribution in [0.5, 0.6) is 0 Å². The number of carbonyl (C=O) groups is 2. The zero-order valence-corrected chi connectivity index (χ0v) is 9.86. The van der Waals surface area contributed by atoms with Gasteiger partial charge >= 0.3 is 5.97 Å². The van der Waals surface area contributed by atoms with Crippen LogP contribution in [0.25, 0.3) is 0 Å². The molecule has 4 heteroatoms. The molecule has 80 valence electrons. The van der Waals surface area contributed by atoms with E-state index in [1.807, 2.05) is 6.07 Å². The number of halogens is 1. The molecule has 0 spiro atoms. The SMILES string of the molecule is CC(=O)OC(C(=O)CBr)c1ccccc1. The van der Waals surface area contributed by atoms with Crippen molar-refractivity contribution in [1.29, 1.82) is 0 Å². The van der Waals surface area contributed by atoms with Gasteiger partial charge in [0.2, 0.25) is 0 Å². The molecular formula is C11H11BrO3. The maximum Gasteiger partial charge on any atom is 0.303 e. The van der Waals surface area contributed by atoms with Crippen LogP contribution < -0.4 is 0 Å². The summed E-state index contributed by atoms with van der Waals surface area (Å²) in [4.78, 5) is 22.4. The summed E-state index contributed by atoms with van der Waals surface area (Å²) in [5.41, 5.74) is 0.692. The normalized spacial score (nSPS) is 11.9. The molecule has 1 aromatic carbocycles. The van der Waals surface area contributed by atoms with Crippen molar-refractivity contribution in [2.24, 2.45) is 0 Å². The third kappa shape index (κ3) is 3.47. The molecule has 0 radical (unpaired) electrons. The van der Waals surface area contributed by atoms with Crippen LogP contribution in [0.3, 0.4) is 0 Å². The summed E-state index contributed by atoms with van der Waals surface area (Å²) >= 11 is 3.06. The first kappa shape index (κ1) is 11.9. The molecule has 1 atom stereocenters. The second kappa shape index (κ2) is 5.66. The standard InChI is InChI=1S/C11H11BrO3/c1-8(13)15-11(10(14)7-12)9-5-3-2-4-6-9/h2-6,11H,7H2,1H3. The van der Waals surface area contributed by atoms with Gasteiger partial charge in [-0.3, -0.25) is 9.59 Å². The molecule has 15 heavy (non-hydrogen) atoms. The van der Waals surface area contributed by atoms with Gasteiger partial charge in [-0.1, -0.05) is 46.3 Å². The topological polar surface area (TPSA) is 43.4 Å². The van der Waals surface area contributed by atoms with Gasteiger partial charge in [0.1, 0.15) is 0 Å². The Balaban J connectivity index is 2.91. The van der Waals surface area contributed by atoms with Gasteiger partial charge in [0.15, 0.2) is 11.9 Å². The number of benzene rings is 1. The Hall–Kier alpha value is -1.16. The van der Waals surface area contributed by atoms with Crippen molar-refractivity contribution in [3.05, 3.63) is 35.9 Å². The molecule has 0 fully saturated rings. The Bertz CT molecular complexity index is 348. The van der Waals surface area contributed by atoms with Crippen LogP contribution in [0.4, 0.5) is 0 Å². The van der Waals surface area contributed by atoms with E-state index in [0.717, 1.165) is 0 Å². The van der Waals surface area contributed by atoms with E-state index in [2.05, 4.69) is 15.9 Å². The molecule has 0 amide bonds. The monoisotopic (exact) mass is 270 g/mol. The summed E-state index contributed by atoms with van der Waals surface area (Å²) in [5.74, 6) is -0.630. The van der Waals surface area contributed by atoms with Gasteiger partial charge in [-0.25, -0.2) is 0 Å². The molecule has 0 heterocycles. The maximum atomic E-state index is 11.5. The Kier molecular flexibility index (Phi) is 4.49. The molecule has 0 N–H and O–H groups in total. The number of hydrogen-bond donors (Lipinski definition) is 0. The summed E-state index contributed by atoms with van der Waals surface area (Å²) in [6.45, 7) is 1.29. The second-order valence-electron chi connectivity index (χ2n) is 3.00. The highest BCUT2D eigenvalue weighted by Crippen LogP contribution is 2.19. The van der Waals surface area contributed by atoms with E-state index in [0.29, 0.717) is 5.56 Å². The van der Waals surface area contributed by atoms with Crippen LogP contribution >= 0.6 is 15.9 Å². The largest absolute Gasteiger partial charge is 0.450 e. The zero-order valence-electron chi connectivity index (χ0n) is 8.27. The van der Waals surface area contributed by atoms with Crippen LogP contribution in [0.15, 0.2) is 30.3 Å². The number of carbonyl (C=O) groups excluding carboxylic acids is 2. The van der Waals surface area contributed by atoms with Crippen molar-refractivity contribution >= 4 is 27.7 Å². The van der Waals surface area contributed by atoms with Crippen LogP contribution in [0, 0.1) is 0 Å². The lowest BCUT2D eigenvalue weighted by Crippen LogP contribution is -2.19. The van der Waals surface area contributed by atoms with Crippen molar-refractivity contribution in [2.45, 2.75) is 13.0 Å². The molecule has 0 saturated carbocycles.